The van der Waals surface area contributed by atoms with Crippen molar-refractivity contribution in [2.24, 2.45) is 0 Å². The average molecular weight is 284 g/mol. The lowest BCUT2D eigenvalue weighted by Gasteiger charge is -2.08. The Bertz CT molecular complexity index is 673. The third-order valence-corrected chi connectivity index (χ3v) is 3.97. The Morgan fingerprint density at radius 3 is 2.78 bits per heavy atom. The van der Waals surface area contributed by atoms with Crippen molar-refractivity contribution in [2.45, 2.75) is 11.8 Å². The Balaban J connectivity index is 2.37. The molecule has 0 amide bonds. The summed E-state index contributed by atoms with van der Waals surface area (Å²) in [5.41, 5.74) is 1.24. The Morgan fingerprint density at radius 2 is 2.11 bits per heavy atom. The van der Waals surface area contributed by atoms with Gasteiger partial charge >= 0.3 is 0 Å². The maximum absolute atomic E-state index is 12.1. The Kier molecular flexibility index (Phi) is 3.49. The molecule has 2 heterocycles. The van der Waals surface area contributed by atoms with Gasteiger partial charge in [0.1, 0.15) is 10.0 Å². The van der Waals surface area contributed by atoms with Crippen LogP contribution in [0.5, 0.6) is 0 Å². The van der Waals surface area contributed by atoms with Gasteiger partial charge in [0, 0.05) is 12.4 Å². The van der Waals surface area contributed by atoms with Crippen molar-refractivity contribution in [2.75, 3.05) is 4.72 Å². The number of aromatic nitrogens is 2. The lowest BCUT2D eigenvalue weighted by atomic mass is 10.3. The van der Waals surface area contributed by atoms with Crippen LogP contribution in [0, 0.1) is 6.92 Å². The number of pyridine rings is 2. The first-order valence-corrected chi connectivity index (χ1v) is 6.90. The normalized spacial score (nSPS) is 11.2. The van der Waals surface area contributed by atoms with Crippen molar-refractivity contribution in [3.8, 4) is 0 Å². The lowest BCUT2D eigenvalue weighted by molar-refractivity contribution is 0.601. The van der Waals surface area contributed by atoms with Gasteiger partial charge in [0.05, 0.1) is 11.9 Å². The summed E-state index contributed by atoms with van der Waals surface area (Å²) in [6, 6.07) is 4.57. The number of rotatable bonds is 3. The number of hydrogen-bond acceptors (Lipinski definition) is 4. The molecule has 0 atom stereocenters. The predicted molar refractivity (Wildman–Crippen MR) is 69.0 cm³/mol. The lowest BCUT2D eigenvalue weighted by Crippen LogP contribution is -2.14. The zero-order valence-corrected chi connectivity index (χ0v) is 11.0. The van der Waals surface area contributed by atoms with Crippen LogP contribution in [0.1, 0.15) is 5.56 Å². The summed E-state index contributed by atoms with van der Waals surface area (Å²) in [5.74, 6) is 0. The summed E-state index contributed by atoms with van der Waals surface area (Å²) in [7, 11) is -3.75. The van der Waals surface area contributed by atoms with Crippen LogP contribution in [0.15, 0.2) is 41.7 Å². The van der Waals surface area contributed by atoms with Gasteiger partial charge in [-0.15, -0.1) is 0 Å². The molecule has 2 aromatic rings. The maximum Gasteiger partial charge on any atom is 0.265 e. The summed E-state index contributed by atoms with van der Waals surface area (Å²) >= 11 is 5.76. The quantitative estimate of drug-likeness (QED) is 0.877. The van der Waals surface area contributed by atoms with Gasteiger partial charge in [-0.3, -0.25) is 9.71 Å². The molecular weight excluding hydrogens is 274 g/mol. The molecule has 1 N–H and O–H groups in total. The summed E-state index contributed by atoms with van der Waals surface area (Å²) in [6.07, 6.45) is 4.49. The molecule has 94 valence electrons. The highest BCUT2D eigenvalue weighted by Crippen LogP contribution is 2.21. The average Bonchev–Trinajstić information content (AvgIpc) is 2.28. The molecule has 7 heteroatoms. The van der Waals surface area contributed by atoms with Crippen molar-refractivity contribution in [3.63, 3.8) is 0 Å². The molecule has 0 radical (unpaired) electrons. The second-order valence-corrected chi connectivity index (χ2v) is 5.66. The standard InChI is InChI=1S/C11H10ClN3O2S/c1-8-5-9(7-13-6-8)15-18(16,17)10-3-2-4-14-11(10)12/h2-7,15H,1H3. The number of nitrogens with zero attached hydrogens (tertiary/aromatic N) is 2. The third-order valence-electron chi connectivity index (χ3n) is 2.14. The fourth-order valence-corrected chi connectivity index (χ4v) is 2.88. The minimum Gasteiger partial charge on any atom is -0.278 e. The van der Waals surface area contributed by atoms with Crippen LogP contribution in [0.25, 0.3) is 0 Å². The van der Waals surface area contributed by atoms with Crippen LogP contribution in [-0.4, -0.2) is 18.4 Å². The highest BCUT2D eigenvalue weighted by Gasteiger charge is 2.18. The van der Waals surface area contributed by atoms with Gasteiger partial charge in [0.15, 0.2) is 0 Å². The zero-order chi connectivity index (χ0) is 13.2. The molecule has 18 heavy (non-hydrogen) atoms. The van der Waals surface area contributed by atoms with Crippen molar-refractivity contribution in [1.29, 1.82) is 0 Å². The number of anilines is 1. The molecule has 0 aliphatic carbocycles. The van der Waals surface area contributed by atoms with E-state index in [2.05, 4.69) is 14.7 Å². The number of halogens is 1. The fraction of sp³-hybridized carbons (Fsp3) is 0.0909. The van der Waals surface area contributed by atoms with Gasteiger partial charge in [-0.25, -0.2) is 13.4 Å². The molecule has 0 saturated heterocycles. The fourth-order valence-electron chi connectivity index (χ4n) is 1.39. The number of sulfonamides is 1. The summed E-state index contributed by atoms with van der Waals surface area (Å²) < 4.78 is 26.5. The van der Waals surface area contributed by atoms with Gasteiger partial charge in [0.25, 0.3) is 10.0 Å². The molecule has 0 spiro atoms. The molecule has 0 aliphatic heterocycles. The monoisotopic (exact) mass is 283 g/mol. The molecule has 0 aliphatic rings. The van der Waals surface area contributed by atoms with Gasteiger partial charge in [0.2, 0.25) is 0 Å². The molecule has 0 aromatic carbocycles. The summed E-state index contributed by atoms with van der Waals surface area (Å²) in [5, 5.41) is -0.0642. The molecule has 0 saturated carbocycles. The van der Waals surface area contributed by atoms with E-state index >= 15 is 0 Å². The highest BCUT2D eigenvalue weighted by molar-refractivity contribution is 7.92. The Labute approximate surface area is 110 Å². The SMILES string of the molecule is Cc1cncc(NS(=O)(=O)c2cccnc2Cl)c1. The van der Waals surface area contributed by atoms with Crippen LogP contribution >= 0.6 is 11.6 Å². The number of nitrogens with one attached hydrogen (secondary N) is 1. The van der Waals surface area contributed by atoms with Crippen LogP contribution < -0.4 is 4.72 Å². The van der Waals surface area contributed by atoms with E-state index in [4.69, 9.17) is 11.6 Å². The largest absolute Gasteiger partial charge is 0.278 e. The van der Waals surface area contributed by atoms with Crippen LogP contribution in [0.2, 0.25) is 5.15 Å². The van der Waals surface area contributed by atoms with E-state index in [1.54, 1.807) is 12.3 Å². The smallest absolute Gasteiger partial charge is 0.265 e. The van der Waals surface area contributed by atoms with E-state index < -0.39 is 10.0 Å². The van der Waals surface area contributed by atoms with Gasteiger partial charge in [-0.1, -0.05) is 11.6 Å². The van der Waals surface area contributed by atoms with E-state index in [0.29, 0.717) is 5.69 Å². The summed E-state index contributed by atoms with van der Waals surface area (Å²) in [6.45, 7) is 1.82. The number of aryl methyl sites for hydroxylation is 1. The van der Waals surface area contributed by atoms with Gasteiger partial charge in [-0.05, 0) is 30.7 Å². The van der Waals surface area contributed by atoms with Crippen molar-refractivity contribution < 1.29 is 8.42 Å². The summed E-state index contributed by atoms with van der Waals surface area (Å²) in [4.78, 5) is 7.58. The van der Waals surface area contributed by atoms with Crippen molar-refractivity contribution in [1.82, 2.24) is 9.97 Å². The first kappa shape index (κ1) is 12.8. The topological polar surface area (TPSA) is 72.0 Å². The minimum atomic E-state index is -3.75. The third kappa shape index (κ3) is 2.77. The second kappa shape index (κ2) is 4.91. The van der Waals surface area contributed by atoms with E-state index in [-0.39, 0.29) is 10.0 Å². The van der Waals surface area contributed by atoms with Crippen molar-refractivity contribution in [3.05, 3.63) is 47.5 Å². The molecule has 0 fully saturated rings. The molecule has 5 nitrogen and oxygen atoms in total. The maximum atomic E-state index is 12.1. The molecular formula is C11H10ClN3O2S. The highest BCUT2D eigenvalue weighted by atomic mass is 35.5. The minimum absolute atomic E-state index is 0.0619. The van der Waals surface area contributed by atoms with Crippen LogP contribution in [-0.2, 0) is 10.0 Å². The Morgan fingerprint density at radius 1 is 1.33 bits per heavy atom. The van der Waals surface area contributed by atoms with E-state index in [1.807, 2.05) is 6.92 Å². The second-order valence-electron chi connectivity index (χ2n) is 3.65. The first-order valence-electron chi connectivity index (χ1n) is 5.04. The molecule has 0 unspecified atom stereocenters. The van der Waals surface area contributed by atoms with E-state index in [1.165, 1.54) is 24.5 Å². The first-order chi connectivity index (χ1) is 8.49. The molecule has 0 bridgehead atoms. The van der Waals surface area contributed by atoms with E-state index in [0.717, 1.165) is 5.56 Å². The van der Waals surface area contributed by atoms with E-state index in [9.17, 15) is 8.42 Å². The van der Waals surface area contributed by atoms with Gasteiger partial charge < -0.3 is 0 Å². The van der Waals surface area contributed by atoms with Crippen LogP contribution in [0.4, 0.5) is 5.69 Å². The molecule has 2 rings (SSSR count). The van der Waals surface area contributed by atoms with Crippen LogP contribution in [0.3, 0.4) is 0 Å². The van der Waals surface area contributed by atoms with Crippen molar-refractivity contribution >= 4 is 27.3 Å². The predicted octanol–water partition coefficient (Wildman–Crippen LogP) is 2.24. The molecule has 2 aromatic heterocycles. The van der Waals surface area contributed by atoms with Gasteiger partial charge in [-0.2, -0.15) is 0 Å². The Hall–Kier alpha value is -1.66. The number of hydrogen-bond donors (Lipinski definition) is 1. The zero-order valence-electron chi connectivity index (χ0n) is 9.46.